The Kier molecular flexibility index (Phi) is 3.13. The first-order chi connectivity index (χ1) is 5.58. The van der Waals surface area contributed by atoms with Crippen molar-refractivity contribution in [1.82, 2.24) is 5.32 Å². The summed E-state index contributed by atoms with van der Waals surface area (Å²) in [6.07, 6.45) is 4.84. The van der Waals surface area contributed by atoms with Crippen molar-refractivity contribution < 1.29 is 0 Å². The number of hydrogen-bond donors (Lipinski definition) is 2. The first-order valence-electron chi connectivity index (χ1n) is 5.04. The van der Waals surface area contributed by atoms with Gasteiger partial charge in [0.05, 0.1) is 0 Å². The minimum Gasteiger partial charge on any atom is -0.325 e. The predicted molar refractivity (Wildman–Crippen MR) is 53.1 cm³/mol. The molecule has 0 spiro atoms. The molecule has 1 aliphatic carbocycles. The lowest BCUT2D eigenvalue weighted by atomic mass is 9.73. The minimum atomic E-state index is 0.118. The quantitative estimate of drug-likeness (QED) is 0.659. The smallest absolute Gasteiger partial charge is 0.0178 e. The Morgan fingerprint density at radius 2 is 1.83 bits per heavy atom. The van der Waals surface area contributed by atoms with Gasteiger partial charge in [0.1, 0.15) is 0 Å². The largest absolute Gasteiger partial charge is 0.325 e. The normalized spacial score (nSPS) is 37.2. The third kappa shape index (κ3) is 1.99. The molecule has 0 unspecified atom stereocenters. The van der Waals surface area contributed by atoms with Gasteiger partial charge in [0, 0.05) is 11.6 Å². The monoisotopic (exact) mass is 170 g/mol. The van der Waals surface area contributed by atoms with Crippen molar-refractivity contribution in [2.75, 3.05) is 7.05 Å². The van der Waals surface area contributed by atoms with Gasteiger partial charge in [0.2, 0.25) is 0 Å². The summed E-state index contributed by atoms with van der Waals surface area (Å²) >= 11 is 0. The number of hydrogen-bond acceptors (Lipinski definition) is 2. The molecule has 0 atom stereocenters. The Hall–Kier alpha value is -0.0800. The summed E-state index contributed by atoms with van der Waals surface area (Å²) in [6.45, 7) is 4.47. The summed E-state index contributed by atoms with van der Waals surface area (Å²) in [5, 5.41) is 3.33. The highest BCUT2D eigenvalue weighted by atomic mass is 14.9. The third-order valence-electron chi connectivity index (χ3n) is 3.47. The van der Waals surface area contributed by atoms with E-state index in [0.29, 0.717) is 12.0 Å². The first kappa shape index (κ1) is 10.0. The molecule has 0 saturated heterocycles. The Bertz CT molecular complexity index is 135. The van der Waals surface area contributed by atoms with Crippen LogP contribution in [0.5, 0.6) is 0 Å². The van der Waals surface area contributed by atoms with E-state index in [9.17, 15) is 0 Å². The Morgan fingerprint density at radius 1 is 1.33 bits per heavy atom. The van der Waals surface area contributed by atoms with Gasteiger partial charge in [-0.3, -0.25) is 0 Å². The van der Waals surface area contributed by atoms with Crippen molar-refractivity contribution in [3.8, 4) is 0 Å². The van der Waals surface area contributed by atoms with Gasteiger partial charge in [-0.05, 0) is 38.6 Å². The molecule has 72 valence electrons. The molecular formula is C10H22N2. The van der Waals surface area contributed by atoms with E-state index in [0.717, 1.165) is 0 Å². The molecule has 0 aromatic rings. The van der Waals surface area contributed by atoms with E-state index < -0.39 is 0 Å². The van der Waals surface area contributed by atoms with Crippen LogP contribution in [0.4, 0.5) is 0 Å². The maximum absolute atomic E-state index is 6.29. The average Bonchev–Trinajstić information content (AvgIpc) is 2.06. The van der Waals surface area contributed by atoms with E-state index in [1.54, 1.807) is 0 Å². The molecule has 0 heterocycles. The highest BCUT2D eigenvalue weighted by Crippen LogP contribution is 2.31. The summed E-state index contributed by atoms with van der Waals surface area (Å²) in [6, 6.07) is 0.709. The molecule has 1 saturated carbocycles. The molecule has 3 N–H and O–H groups in total. The van der Waals surface area contributed by atoms with Crippen LogP contribution in [0.2, 0.25) is 0 Å². The van der Waals surface area contributed by atoms with E-state index in [4.69, 9.17) is 5.73 Å². The van der Waals surface area contributed by atoms with Crippen LogP contribution in [0, 0.1) is 5.92 Å². The van der Waals surface area contributed by atoms with E-state index in [-0.39, 0.29) is 5.54 Å². The van der Waals surface area contributed by atoms with E-state index in [1.807, 2.05) is 7.05 Å². The van der Waals surface area contributed by atoms with Crippen molar-refractivity contribution in [2.24, 2.45) is 11.7 Å². The van der Waals surface area contributed by atoms with Crippen LogP contribution in [0.3, 0.4) is 0 Å². The van der Waals surface area contributed by atoms with Crippen LogP contribution < -0.4 is 11.1 Å². The molecule has 1 rings (SSSR count). The molecule has 2 heteroatoms. The van der Waals surface area contributed by atoms with Crippen LogP contribution in [0.25, 0.3) is 0 Å². The molecule has 1 fully saturated rings. The highest BCUT2D eigenvalue weighted by molar-refractivity contribution is 4.93. The van der Waals surface area contributed by atoms with Gasteiger partial charge in [-0.1, -0.05) is 13.8 Å². The highest BCUT2D eigenvalue weighted by Gasteiger charge is 2.33. The number of nitrogens with one attached hydrogen (secondary N) is 1. The third-order valence-corrected chi connectivity index (χ3v) is 3.47. The topological polar surface area (TPSA) is 38.0 Å². The van der Waals surface area contributed by atoms with Crippen LogP contribution >= 0.6 is 0 Å². The summed E-state index contributed by atoms with van der Waals surface area (Å²) in [4.78, 5) is 0. The molecule has 0 aromatic heterocycles. The lowest BCUT2D eigenvalue weighted by Crippen LogP contribution is -2.50. The zero-order chi connectivity index (χ0) is 9.19. The molecular weight excluding hydrogens is 148 g/mol. The summed E-state index contributed by atoms with van der Waals surface area (Å²) in [7, 11) is 2.05. The fourth-order valence-electron chi connectivity index (χ4n) is 2.02. The average molecular weight is 170 g/mol. The molecule has 0 radical (unpaired) electrons. The van der Waals surface area contributed by atoms with Gasteiger partial charge in [-0.2, -0.15) is 0 Å². The zero-order valence-electron chi connectivity index (χ0n) is 8.56. The fourth-order valence-corrected chi connectivity index (χ4v) is 2.02. The van der Waals surface area contributed by atoms with Crippen LogP contribution in [-0.4, -0.2) is 18.6 Å². The lowest BCUT2D eigenvalue weighted by molar-refractivity contribution is 0.197. The van der Waals surface area contributed by atoms with Crippen LogP contribution in [0.1, 0.15) is 39.5 Å². The van der Waals surface area contributed by atoms with Crippen LogP contribution in [-0.2, 0) is 0 Å². The van der Waals surface area contributed by atoms with Gasteiger partial charge in [0.15, 0.2) is 0 Å². The Balaban J connectivity index is 2.44. The van der Waals surface area contributed by atoms with E-state index in [2.05, 4.69) is 19.2 Å². The second-order valence-electron chi connectivity index (χ2n) is 4.45. The summed E-state index contributed by atoms with van der Waals surface area (Å²) in [5.74, 6) is 0.621. The van der Waals surface area contributed by atoms with E-state index >= 15 is 0 Å². The van der Waals surface area contributed by atoms with E-state index in [1.165, 1.54) is 25.7 Å². The molecule has 2 nitrogen and oxygen atoms in total. The van der Waals surface area contributed by atoms with Crippen molar-refractivity contribution in [3.63, 3.8) is 0 Å². The van der Waals surface area contributed by atoms with Gasteiger partial charge >= 0.3 is 0 Å². The predicted octanol–water partition coefficient (Wildman–Crippen LogP) is 1.50. The van der Waals surface area contributed by atoms with Crippen LogP contribution in [0.15, 0.2) is 0 Å². The molecule has 0 bridgehead atoms. The molecule has 12 heavy (non-hydrogen) atoms. The standard InChI is InChI=1S/C10H22N2/c1-8(2)10(11)6-4-9(12-3)5-7-10/h8-9,12H,4-7,11H2,1-3H3. The zero-order valence-corrected chi connectivity index (χ0v) is 8.56. The Labute approximate surface area is 75.9 Å². The van der Waals surface area contributed by atoms with Crippen molar-refractivity contribution >= 4 is 0 Å². The SMILES string of the molecule is CNC1CCC(N)(C(C)C)CC1. The summed E-state index contributed by atoms with van der Waals surface area (Å²) in [5.41, 5.74) is 6.41. The van der Waals surface area contributed by atoms with Gasteiger partial charge in [0.25, 0.3) is 0 Å². The number of rotatable bonds is 2. The Morgan fingerprint density at radius 3 is 2.17 bits per heavy atom. The maximum atomic E-state index is 6.29. The molecule has 1 aliphatic rings. The maximum Gasteiger partial charge on any atom is 0.0178 e. The second-order valence-corrected chi connectivity index (χ2v) is 4.45. The van der Waals surface area contributed by atoms with Crippen molar-refractivity contribution in [2.45, 2.75) is 51.1 Å². The first-order valence-corrected chi connectivity index (χ1v) is 5.04. The lowest BCUT2D eigenvalue weighted by Gasteiger charge is -2.40. The molecule has 0 aliphatic heterocycles. The molecule has 0 aromatic carbocycles. The second kappa shape index (κ2) is 3.75. The summed E-state index contributed by atoms with van der Waals surface area (Å²) < 4.78 is 0. The van der Waals surface area contributed by atoms with Crippen molar-refractivity contribution in [3.05, 3.63) is 0 Å². The van der Waals surface area contributed by atoms with Gasteiger partial charge in [-0.15, -0.1) is 0 Å². The van der Waals surface area contributed by atoms with Gasteiger partial charge in [-0.25, -0.2) is 0 Å². The van der Waals surface area contributed by atoms with Crippen molar-refractivity contribution in [1.29, 1.82) is 0 Å². The fraction of sp³-hybridized carbons (Fsp3) is 1.00. The van der Waals surface area contributed by atoms with Gasteiger partial charge < -0.3 is 11.1 Å². The molecule has 0 amide bonds. The number of nitrogens with two attached hydrogens (primary N) is 1. The minimum absolute atomic E-state index is 0.118.